The summed E-state index contributed by atoms with van der Waals surface area (Å²) in [6.07, 6.45) is 4.21. The number of likely N-dealkylation sites (tertiary alicyclic amines) is 1. The first kappa shape index (κ1) is 17.2. The van der Waals surface area contributed by atoms with Gasteiger partial charge < -0.3 is 14.6 Å². The van der Waals surface area contributed by atoms with E-state index in [9.17, 15) is 9.59 Å². The normalized spacial score (nSPS) is 21.0. The number of anilines is 1. The van der Waals surface area contributed by atoms with Gasteiger partial charge in [0.25, 0.3) is 0 Å². The largest absolute Gasteiger partial charge is 0.419 e. The first-order valence-corrected chi connectivity index (χ1v) is 9.74. The molecule has 1 saturated heterocycles. The number of carbonyl (C=O) groups is 1. The molecule has 1 fully saturated rings. The van der Waals surface area contributed by atoms with Crippen LogP contribution in [0.25, 0.3) is 11.1 Å². The summed E-state index contributed by atoms with van der Waals surface area (Å²) in [6.45, 7) is 2.44. The number of hydrogen-bond acceptors (Lipinski definition) is 5. The van der Waals surface area contributed by atoms with E-state index in [2.05, 4.69) is 22.4 Å². The zero-order chi connectivity index (χ0) is 19.3. The summed E-state index contributed by atoms with van der Waals surface area (Å²) >= 11 is 0. The molecule has 2 aromatic heterocycles. The zero-order valence-corrected chi connectivity index (χ0v) is 15.8. The molecule has 1 aromatic carbocycles. The van der Waals surface area contributed by atoms with Crippen LogP contribution in [0, 0.1) is 0 Å². The molecular formula is C20H23N5O3. The van der Waals surface area contributed by atoms with Crippen LogP contribution in [-0.2, 0) is 11.3 Å². The fourth-order valence-corrected chi connectivity index (χ4v) is 4.41. The van der Waals surface area contributed by atoms with Gasteiger partial charge in [-0.3, -0.25) is 9.36 Å². The molecule has 0 aliphatic carbocycles. The molecule has 0 bridgehead atoms. The molecule has 2 aliphatic rings. The molecule has 1 atom stereocenters. The fourth-order valence-electron chi connectivity index (χ4n) is 4.41. The van der Waals surface area contributed by atoms with Crippen molar-refractivity contribution in [1.29, 1.82) is 0 Å². The predicted octanol–water partition coefficient (Wildman–Crippen LogP) is 2.18. The van der Waals surface area contributed by atoms with Crippen molar-refractivity contribution in [3.63, 3.8) is 0 Å². The summed E-state index contributed by atoms with van der Waals surface area (Å²) in [5, 5.41) is 7.63. The van der Waals surface area contributed by atoms with Crippen LogP contribution in [0.2, 0.25) is 0 Å². The van der Waals surface area contributed by atoms with Gasteiger partial charge in [0.2, 0.25) is 5.91 Å². The van der Waals surface area contributed by atoms with E-state index in [0.29, 0.717) is 18.5 Å². The summed E-state index contributed by atoms with van der Waals surface area (Å²) < 4.78 is 8.94. The van der Waals surface area contributed by atoms with Crippen LogP contribution in [-0.4, -0.2) is 45.3 Å². The number of hydrogen-bond donors (Lipinski definition) is 1. The van der Waals surface area contributed by atoms with Gasteiger partial charge in [0.15, 0.2) is 5.58 Å². The number of para-hydroxylation sites is 2. The molecule has 0 spiro atoms. The fraction of sp³-hybridized carbons (Fsp3) is 0.450. The lowest BCUT2D eigenvalue weighted by Crippen LogP contribution is -2.33. The minimum absolute atomic E-state index is 0.0342. The second kappa shape index (κ2) is 6.63. The van der Waals surface area contributed by atoms with Gasteiger partial charge in [0, 0.05) is 24.4 Å². The van der Waals surface area contributed by atoms with Crippen molar-refractivity contribution in [3.8, 4) is 0 Å². The van der Waals surface area contributed by atoms with Gasteiger partial charge in [-0.15, -0.1) is 0 Å². The third-order valence-electron chi connectivity index (χ3n) is 5.96. The van der Waals surface area contributed by atoms with Crippen LogP contribution in [0.4, 0.5) is 5.82 Å². The minimum Gasteiger partial charge on any atom is -0.408 e. The van der Waals surface area contributed by atoms with E-state index in [1.807, 2.05) is 29.1 Å². The highest BCUT2D eigenvalue weighted by Crippen LogP contribution is 2.36. The van der Waals surface area contributed by atoms with E-state index in [-0.39, 0.29) is 17.9 Å². The first-order chi connectivity index (χ1) is 13.6. The third kappa shape index (κ3) is 2.84. The Labute approximate surface area is 161 Å². The van der Waals surface area contributed by atoms with Crippen LogP contribution in [0.1, 0.15) is 36.8 Å². The average Bonchev–Trinajstić information content (AvgIpc) is 3.24. The Morgan fingerprint density at radius 2 is 2.00 bits per heavy atom. The molecule has 1 amide bonds. The Kier molecular flexibility index (Phi) is 4.08. The van der Waals surface area contributed by atoms with Crippen LogP contribution in [0.3, 0.4) is 0 Å². The van der Waals surface area contributed by atoms with Crippen molar-refractivity contribution in [2.75, 3.05) is 25.5 Å². The molecular weight excluding hydrogens is 358 g/mol. The van der Waals surface area contributed by atoms with Gasteiger partial charge in [-0.2, -0.15) is 5.10 Å². The minimum atomic E-state index is -0.392. The molecule has 8 heteroatoms. The molecule has 1 N–H and O–H groups in total. The van der Waals surface area contributed by atoms with Crippen molar-refractivity contribution in [2.24, 2.45) is 0 Å². The van der Waals surface area contributed by atoms with Crippen LogP contribution in [0.5, 0.6) is 0 Å². The Bertz CT molecular complexity index is 1090. The maximum absolute atomic E-state index is 12.4. The van der Waals surface area contributed by atoms with Crippen molar-refractivity contribution in [2.45, 2.75) is 37.8 Å². The molecule has 8 nitrogen and oxygen atoms in total. The van der Waals surface area contributed by atoms with E-state index < -0.39 is 5.76 Å². The van der Waals surface area contributed by atoms with E-state index in [1.165, 1.54) is 0 Å². The highest BCUT2D eigenvalue weighted by molar-refractivity contribution is 5.93. The lowest BCUT2D eigenvalue weighted by atomic mass is 9.94. The molecule has 3 aromatic rings. The lowest BCUT2D eigenvalue weighted by Gasteiger charge is -2.31. The maximum atomic E-state index is 12.4. The molecule has 1 unspecified atom stereocenters. The SMILES string of the molecule is CN1CCC(n2ncc3c2NC(=O)CC3Cn2c(=O)oc3ccccc32)CC1. The lowest BCUT2D eigenvalue weighted by molar-refractivity contribution is -0.117. The molecule has 146 valence electrons. The highest BCUT2D eigenvalue weighted by atomic mass is 16.4. The summed E-state index contributed by atoms with van der Waals surface area (Å²) in [5.41, 5.74) is 2.31. The van der Waals surface area contributed by atoms with Gasteiger partial charge in [0.1, 0.15) is 5.82 Å². The zero-order valence-electron chi connectivity index (χ0n) is 15.8. The van der Waals surface area contributed by atoms with E-state index in [1.54, 1.807) is 10.6 Å². The smallest absolute Gasteiger partial charge is 0.408 e. The molecule has 2 aliphatic heterocycles. The number of nitrogens with zero attached hydrogens (tertiary/aromatic N) is 4. The number of aromatic nitrogens is 3. The molecule has 28 heavy (non-hydrogen) atoms. The van der Waals surface area contributed by atoms with Crippen molar-refractivity contribution in [1.82, 2.24) is 19.2 Å². The summed E-state index contributed by atoms with van der Waals surface area (Å²) in [4.78, 5) is 27.1. The topological polar surface area (TPSA) is 85.3 Å². The third-order valence-corrected chi connectivity index (χ3v) is 5.96. The van der Waals surface area contributed by atoms with Gasteiger partial charge in [-0.05, 0) is 45.1 Å². The number of nitrogens with one attached hydrogen (secondary N) is 1. The first-order valence-electron chi connectivity index (χ1n) is 9.74. The number of piperidine rings is 1. The monoisotopic (exact) mass is 381 g/mol. The summed E-state index contributed by atoms with van der Waals surface area (Å²) in [5.74, 6) is 0.253. The van der Waals surface area contributed by atoms with E-state index >= 15 is 0 Å². The molecule has 5 rings (SSSR count). The quantitative estimate of drug-likeness (QED) is 0.752. The van der Waals surface area contributed by atoms with Crippen LogP contribution in [0.15, 0.2) is 39.7 Å². The number of oxazole rings is 1. The number of amides is 1. The second-order valence-corrected chi connectivity index (χ2v) is 7.82. The molecule has 0 saturated carbocycles. The second-order valence-electron chi connectivity index (χ2n) is 7.82. The number of benzene rings is 1. The average molecular weight is 381 g/mol. The van der Waals surface area contributed by atoms with Gasteiger partial charge in [-0.25, -0.2) is 9.48 Å². The summed E-state index contributed by atoms with van der Waals surface area (Å²) in [6, 6.07) is 7.66. The maximum Gasteiger partial charge on any atom is 0.419 e. The Hall–Kier alpha value is -2.87. The van der Waals surface area contributed by atoms with Crippen LogP contribution < -0.4 is 11.1 Å². The Morgan fingerprint density at radius 3 is 2.82 bits per heavy atom. The number of rotatable bonds is 3. The number of fused-ring (bicyclic) bond motifs is 2. The van der Waals surface area contributed by atoms with Gasteiger partial charge in [-0.1, -0.05) is 12.1 Å². The predicted molar refractivity (Wildman–Crippen MR) is 104 cm³/mol. The van der Waals surface area contributed by atoms with Crippen molar-refractivity contribution >= 4 is 22.8 Å². The van der Waals surface area contributed by atoms with Gasteiger partial charge >= 0.3 is 5.76 Å². The number of carbonyl (C=O) groups excluding carboxylic acids is 1. The highest BCUT2D eigenvalue weighted by Gasteiger charge is 2.32. The molecule has 0 radical (unpaired) electrons. The summed E-state index contributed by atoms with van der Waals surface area (Å²) in [7, 11) is 2.12. The van der Waals surface area contributed by atoms with Crippen molar-refractivity contribution in [3.05, 3.63) is 46.6 Å². The molecule has 4 heterocycles. The Morgan fingerprint density at radius 1 is 1.21 bits per heavy atom. The Balaban J connectivity index is 1.49. The van der Waals surface area contributed by atoms with E-state index in [4.69, 9.17) is 4.42 Å². The standard InChI is InChI=1S/C20H23N5O3/c1-23-8-6-14(7-9-23)25-19-15(11-21-25)13(10-18(26)22-19)12-24-16-4-2-3-5-17(16)28-20(24)27/h2-5,11,13-14H,6-10,12H2,1H3,(H,22,26). The van der Waals surface area contributed by atoms with Crippen molar-refractivity contribution < 1.29 is 9.21 Å². The van der Waals surface area contributed by atoms with Gasteiger partial charge in [0.05, 0.1) is 17.8 Å². The van der Waals surface area contributed by atoms with E-state index in [0.717, 1.165) is 42.8 Å². The van der Waals surface area contributed by atoms with Crippen LogP contribution >= 0.6 is 0 Å².